The SMILES string of the molecule is COCCN(CC(=O)O)CC(=O)N1CCOCC1. The number of methoxy groups -OCH3 is 1. The standard InChI is InChI=1S/C11H20N2O5/c1-17-5-2-12(9-11(15)16)8-10(14)13-3-6-18-7-4-13/h2-9H2,1H3,(H,15,16). The smallest absolute Gasteiger partial charge is 0.317 e. The van der Waals surface area contributed by atoms with Crippen molar-refractivity contribution in [1.82, 2.24) is 9.80 Å². The molecule has 0 spiro atoms. The van der Waals surface area contributed by atoms with E-state index in [0.29, 0.717) is 39.5 Å². The van der Waals surface area contributed by atoms with E-state index >= 15 is 0 Å². The van der Waals surface area contributed by atoms with Crippen LogP contribution in [0.3, 0.4) is 0 Å². The summed E-state index contributed by atoms with van der Waals surface area (Å²) in [5.74, 6) is -1.00. The van der Waals surface area contributed by atoms with E-state index in [4.69, 9.17) is 14.6 Å². The predicted molar refractivity (Wildman–Crippen MR) is 63.4 cm³/mol. The lowest BCUT2D eigenvalue weighted by Crippen LogP contribution is -2.47. The van der Waals surface area contributed by atoms with Crippen LogP contribution in [0.1, 0.15) is 0 Å². The summed E-state index contributed by atoms with van der Waals surface area (Å²) < 4.78 is 10.1. The highest BCUT2D eigenvalue weighted by atomic mass is 16.5. The number of hydrogen-bond acceptors (Lipinski definition) is 5. The largest absolute Gasteiger partial charge is 0.480 e. The molecule has 7 heteroatoms. The van der Waals surface area contributed by atoms with Crippen LogP contribution in [0.4, 0.5) is 0 Å². The molecular weight excluding hydrogens is 240 g/mol. The molecule has 1 rings (SSSR count). The van der Waals surface area contributed by atoms with E-state index in [2.05, 4.69) is 0 Å². The normalized spacial score (nSPS) is 16.0. The Morgan fingerprint density at radius 1 is 1.33 bits per heavy atom. The lowest BCUT2D eigenvalue weighted by atomic mass is 10.3. The third-order valence-corrected chi connectivity index (χ3v) is 2.69. The number of amides is 1. The minimum atomic E-state index is -0.944. The van der Waals surface area contributed by atoms with Crippen LogP contribution in [0, 0.1) is 0 Å². The van der Waals surface area contributed by atoms with Crippen molar-refractivity contribution in [2.75, 3.05) is 59.7 Å². The molecule has 1 saturated heterocycles. The third-order valence-electron chi connectivity index (χ3n) is 2.69. The van der Waals surface area contributed by atoms with Gasteiger partial charge in [0, 0.05) is 26.7 Å². The van der Waals surface area contributed by atoms with Gasteiger partial charge in [-0.15, -0.1) is 0 Å². The number of rotatable bonds is 7. The fourth-order valence-electron chi connectivity index (χ4n) is 1.73. The summed E-state index contributed by atoms with van der Waals surface area (Å²) in [6.45, 7) is 3.02. The van der Waals surface area contributed by atoms with Gasteiger partial charge in [0.05, 0.1) is 32.9 Å². The van der Waals surface area contributed by atoms with Crippen molar-refractivity contribution in [3.63, 3.8) is 0 Å². The molecule has 0 saturated carbocycles. The maximum atomic E-state index is 11.9. The average molecular weight is 260 g/mol. The highest BCUT2D eigenvalue weighted by molar-refractivity contribution is 5.79. The molecule has 0 atom stereocenters. The Morgan fingerprint density at radius 2 is 2.00 bits per heavy atom. The molecule has 1 aliphatic rings. The zero-order valence-corrected chi connectivity index (χ0v) is 10.6. The molecule has 1 heterocycles. The summed E-state index contributed by atoms with van der Waals surface area (Å²) >= 11 is 0. The van der Waals surface area contributed by atoms with Gasteiger partial charge in [-0.05, 0) is 0 Å². The van der Waals surface area contributed by atoms with Crippen molar-refractivity contribution in [1.29, 1.82) is 0 Å². The van der Waals surface area contributed by atoms with Gasteiger partial charge in [0.2, 0.25) is 5.91 Å². The molecule has 0 bridgehead atoms. The molecule has 0 aromatic rings. The summed E-state index contributed by atoms with van der Waals surface area (Å²) in [5.41, 5.74) is 0. The van der Waals surface area contributed by atoms with E-state index in [1.165, 1.54) is 0 Å². The second-order valence-corrected chi connectivity index (χ2v) is 4.09. The molecule has 0 aromatic carbocycles. The van der Waals surface area contributed by atoms with Gasteiger partial charge in [-0.2, -0.15) is 0 Å². The van der Waals surface area contributed by atoms with Crippen LogP contribution in [0.5, 0.6) is 0 Å². The zero-order chi connectivity index (χ0) is 13.4. The molecule has 18 heavy (non-hydrogen) atoms. The van der Waals surface area contributed by atoms with Gasteiger partial charge in [0.1, 0.15) is 0 Å². The molecular formula is C11H20N2O5. The Kier molecular flexibility index (Phi) is 6.63. The third kappa shape index (κ3) is 5.44. The summed E-state index contributed by atoms with van der Waals surface area (Å²) in [7, 11) is 1.54. The minimum absolute atomic E-state index is 0.0596. The fraction of sp³-hybridized carbons (Fsp3) is 0.818. The van der Waals surface area contributed by atoms with Crippen LogP contribution in [0.15, 0.2) is 0 Å². The Bertz CT molecular complexity index is 279. The van der Waals surface area contributed by atoms with E-state index in [0.717, 1.165) is 0 Å². The second-order valence-electron chi connectivity index (χ2n) is 4.09. The first-order valence-corrected chi connectivity index (χ1v) is 5.92. The molecule has 0 unspecified atom stereocenters. The lowest BCUT2D eigenvalue weighted by molar-refractivity contribution is -0.141. The Balaban J connectivity index is 2.41. The summed E-state index contributed by atoms with van der Waals surface area (Å²) in [6.07, 6.45) is 0. The molecule has 104 valence electrons. The molecule has 1 amide bonds. The van der Waals surface area contributed by atoms with Gasteiger partial charge < -0.3 is 19.5 Å². The Hall–Kier alpha value is -1.18. The average Bonchev–Trinajstić information content (AvgIpc) is 2.36. The highest BCUT2D eigenvalue weighted by Gasteiger charge is 2.20. The number of hydrogen-bond donors (Lipinski definition) is 1. The second kappa shape index (κ2) is 8.02. The topological polar surface area (TPSA) is 79.3 Å². The van der Waals surface area contributed by atoms with E-state index in [1.54, 1.807) is 16.9 Å². The Morgan fingerprint density at radius 3 is 2.56 bits per heavy atom. The van der Waals surface area contributed by atoms with E-state index in [-0.39, 0.29) is 19.0 Å². The molecule has 0 aromatic heterocycles. The van der Waals surface area contributed by atoms with Gasteiger partial charge in [-0.25, -0.2) is 0 Å². The van der Waals surface area contributed by atoms with Crippen LogP contribution in [0.25, 0.3) is 0 Å². The van der Waals surface area contributed by atoms with Crippen molar-refractivity contribution < 1.29 is 24.2 Å². The van der Waals surface area contributed by atoms with Crippen LogP contribution in [0.2, 0.25) is 0 Å². The van der Waals surface area contributed by atoms with Gasteiger partial charge in [-0.1, -0.05) is 0 Å². The monoisotopic (exact) mass is 260 g/mol. The number of carbonyl (C=O) groups excluding carboxylic acids is 1. The first-order valence-electron chi connectivity index (χ1n) is 5.92. The molecule has 7 nitrogen and oxygen atoms in total. The van der Waals surface area contributed by atoms with Crippen LogP contribution in [-0.4, -0.2) is 86.4 Å². The van der Waals surface area contributed by atoms with Gasteiger partial charge >= 0.3 is 5.97 Å². The maximum absolute atomic E-state index is 11.9. The van der Waals surface area contributed by atoms with Crippen molar-refractivity contribution in [2.24, 2.45) is 0 Å². The molecule has 0 aliphatic carbocycles. The molecule has 1 N–H and O–H groups in total. The maximum Gasteiger partial charge on any atom is 0.317 e. The van der Waals surface area contributed by atoms with E-state index < -0.39 is 5.97 Å². The number of carbonyl (C=O) groups is 2. The summed E-state index contributed by atoms with van der Waals surface area (Å²) in [6, 6.07) is 0. The van der Waals surface area contributed by atoms with Crippen LogP contribution < -0.4 is 0 Å². The first-order chi connectivity index (χ1) is 8.63. The van der Waals surface area contributed by atoms with Crippen molar-refractivity contribution >= 4 is 11.9 Å². The quantitative estimate of drug-likeness (QED) is 0.624. The van der Waals surface area contributed by atoms with Crippen molar-refractivity contribution in [3.05, 3.63) is 0 Å². The van der Waals surface area contributed by atoms with Crippen molar-refractivity contribution in [3.8, 4) is 0 Å². The lowest BCUT2D eigenvalue weighted by Gasteiger charge is -2.29. The van der Waals surface area contributed by atoms with Crippen LogP contribution in [-0.2, 0) is 19.1 Å². The summed E-state index contributed by atoms with van der Waals surface area (Å²) in [4.78, 5) is 25.9. The zero-order valence-electron chi connectivity index (χ0n) is 10.6. The van der Waals surface area contributed by atoms with Gasteiger partial charge in [0.25, 0.3) is 0 Å². The minimum Gasteiger partial charge on any atom is -0.480 e. The van der Waals surface area contributed by atoms with Gasteiger partial charge in [0.15, 0.2) is 0 Å². The molecule has 0 radical (unpaired) electrons. The van der Waals surface area contributed by atoms with E-state index in [1.807, 2.05) is 0 Å². The fourth-order valence-corrected chi connectivity index (χ4v) is 1.73. The molecule has 1 fully saturated rings. The predicted octanol–water partition coefficient (Wildman–Crippen LogP) is -1.12. The number of carboxylic acids is 1. The number of aliphatic carboxylic acids is 1. The van der Waals surface area contributed by atoms with Crippen LogP contribution >= 0.6 is 0 Å². The number of nitrogens with zero attached hydrogens (tertiary/aromatic N) is 2. The number of ether oxygens (including phenoxy) is 2. The van der Waals surface area contributed by atoms with E-state index in [9.17, 15) is 9.59 Å². The molecule has 1 aliphatic heterocycles. The summed E-state index contributed by atoms with van der Waals surface area (Å²) in [5, 5.41) is 8.78. The highest BCUT2D eigenvalue weighted by Crippen LogP contribution is 1.99. The number of carboxylic acid groups (broad SMARTS) is 1. The number of morpholine rings is 1. The van der Waals surface area contributed by atoms with Gasteiger partial charge in [-0.3, -0.25) is 14.5 Å². The first kappa shape index (κ1) is 14.9. The Labute approximate surface area is 106 Å². The van der Waals surface area contributed by atoms with Crippen molar-refractivity contribution in [2.45, 2.75) is 0 Å².